The lowest BCUT2D eigenvalue weighted by Crippen LogP contribution is -2.10. The van der Waals surface area contributed by atoms with Crippen molar-refractivity contribution in [3.8, 4) is 0 Å². The second-order valence-electron chi connectivity index (χ2n) is 4.53. The molecule has 0 heterocycles. The summed E-state index contributed by atoms with van der Waals surface area (Å²) >= 11 is 0.519. The number of anilines is 1. The molecule has 2 aromatic rings. The summed E-state index contributed by atoms with van der Waals surface area (Å²) in [5.41, 5.74) is 1.59. The number of rotatable bonds is 6. The van der Waals surface area contributed by atoms with Gasteiger partial charge < -0.3 is 5.32 Å². The van der Waals surface area contributed by atoms with Crippen molar-refractivity contribution in [1.82, 2.24) is 0 Å². The van der Waals surface area contributed by atoms with Crippen LogP contribution >= 0.6 is 11.8 Å². The summed E-state index contributed by atoms with van der Waals surface area (Å²) in [6, 6.07) is 13.1. The minimum atomic E-state index is -2.46. The largest absolute Gasteiger partial charge is 0.377 e. The van der Waals surface area contributed by atoms with Crippen molar-refractivity contribution in [2.75, 3.05) is 5.32 Å². The second-order valence-corrected chi connectivity index (χ2v) is 5.56. The van der Waals surface area contributed by atoms with Crippen LogP contribution in [0.5, 0.6) is 0 Å². The molecule has 1 N–H and O–H groups in total. The molecule has 0 aliphatic carbocycles. The van der Waals surface area contributed by atoms with E-state index in [1.165, 1.54) is 12.1 Å². The Balaban J connectivity index is 2.20. The van der Waals surface area contributed by atoms with Gasteiger partial charge in [-0.25, -0.2) is 4.39 Å². The Morgan fingerprint density at radius 2 is 1.71 bits per heavy atom. The Morgan fingerprint density at radius 3 is 2.33 bits per heavy atom. The van der Waals surface area contributed by atoms with E-state index in [0.29, 0.717) is 22.3 Å². The molecule has 0 bridgehead atoms. The average molecular weight is 311 g/mol. The Kier molecular flexibility index (Phi) is 5.56. The molecule has 112 valence electrons. The zero-order valence-electron chi connectivity index (χ0n) is 11.5. The minimum absolute atomic E-state index is 0.0509. The topological polar surface area (TPSA) is 12.0 Å². The molecule has 1 nitrogen and oxygen atoms in total. The van der Waals surface area contributed by atoms with E-state index >= 15 is 0 Å². The molecule has 1 atom stereocenters. The van der Waals surface area contributed by atoms with Gasteiger partial charge in [-0.05, 0) is 36.2 Å². The number of hydrogen-bond acceptors (Lipinski definition) is 2. The fourth-order valence-electron chi connectivity index (χ4n) is 2.09. The zero-order chi connectivity index (χ0) is 15.2. The van der Waals surface area contributed by atoms with E-state index in [4.69, 9.17) is 0 Å². The molecule has 0 fully saturated rings. The third-order valence-electron chi connectivity index (χ3n) is 3.11. The molecule has 0 aromatic heterocycles. The van der Waals surface area contributed by atoms with Crippen LogP contribution in [0.1, 0.15) is 24.9 Å². The van der Waals surface area contributed by atoms with Gasteiger partial charge in [0.25, 0.3) is 5.76 Å². The van der Waals surface area contributed by atoms with Crippen LogP contribution in [-0.4, -0.2) is 5.76 Å². The third kappa shape index (κ3) is 4.43. The van der Waals surface area contributed by atoms with E-state index < -0.39 is 5.76 Å². The highest BCUT2D eigenvalue weighted by atomic mass is 32.2. The van der Waals surface area contributed by atoms with Gasteiger partial charge in [0.1, 0.15) is 5.82 Å². The van der Waals surface area contributed by atoms with Crippen molar-refractivity contribution in [2.45, 2.75) is 30.0 Å². The molecule has 0 radical (unpaired) electrons. The first-order chi connectivity index (χ1) is 10.1. The smallest absolute Gasteiger partial charge is 0.288 e. The van der Waals surface area contributed by atoms with Gasteiger partial charge in [0.05, 0.1) is 6.04 Å². The van der Waals surface area contributed by atoms with Crippen LogP contribution in [0.25, 0.3) is 0 Å². The molecule has 21 heavy (non-hydrogen) atoms. The van der Waals surface area contributed by atoms with Crippen LogP contribution in [-0.2, 0) is 0 Å². The van der Waals surface area contributed by atoms with Crippen LogP contribution in [0.15, 0.2) is 53.4 Å². The maximum absolute atomic E-state index is 13.0. The highest BCUT2D eigenvalue weighted by Gasteiger charge is 2.14. The van der Waals surface area contributed by atoms with E-state index in [1.54, 1.807) is 36.4 Å². The predicted molar refractivity (Wildman–Crippen MR) is 81.4 cm³/mol. The first kappa shape index (κ1) is 15.8. The molecule has 2 aromatic carbocycles. The van der Waals surface area contributed by atoms with Gasteiger partial charge in [0.2, 0.25) is 0 Å². The fourth-order valence-corrected chi connectivity index (χ4v) is 2.69. The van der Waals surface area contributed by atoms with Gasteiger partial charge in [-0.2, -0.15) is 8.78 Å². The Bertz CT molecular complexity index is 572. The number of benzene rings is 2. The molecule has 0 spiro atoms. The Hall–Kier alpha value is -1.62. The van der Waals surface area contributed by atoms with Crippen LogP contribution < -0.4 is 5.32 Å². The van der Waals surface area contributed by atoms with Crippen molar-refractivity contribution in [1.29, 1.82) is 0 Å². The maximum atomic E-state index is 13.0. The molecule has 0 aliphatic heterocycles. The lowest BCUT2D eigenvalue weighted by atomic mass is 10.0. The molecule has 1 unspecified atom stereocenters. The van der Waals surface area contributed by atoms with Crippen LogP contribution in [0.2, 0.25) is 0 Å². The van der Waals surface area contributed by atoms with E-state index in [9.17, 15) is 13.2 Å². The highest BCUT2D eigenvalue weighted by Crippen LogP contribution is 2.34. The fraction of sp³-hybridized carbons (Fsp3) is 0.250. The standard InChI is InChI=1S/C16H16F3NS/c1-2-13(11-7-9-12(17)10-8-11)20-14-5-3-4-6-15(14)21-16(18)19/h3-10,13,16,20H,2H2,1H3. The zero-order valence-corrected chi connectivity index (χ0v) is 12.3. The van der Waals surface area contributed by atoms with E-state index in [2.05, 4.69) is 5.32 Å². The number of alkyl halides is 2. The Morgan fingerprint density at radius 1 is 1.05 bits per heavy atom. The van der Waals surface area contributed by atoms with Crippen molar-refractivity contribution in [2.24, 2.45) is 0 Å². The summed E-state index contributed by atoms with van der Waals surface area (Å²) in [4.78, 5) is 0.507. The maximum Gasteiger partial charge on any atom is 0.288 e. The highest BCUT2D eigenvalue weighted by molar-refractivity contribution is 7.99. The van der Waals surface area contributed by atoms with Crippen LogP contribution in [0.3, 0.4) is 0 Å². The predicted octanol–water partition coefficient (Wildman–Crippen LogP) is 5.70. The van der Waals surface area contributed by atoms with Crippen LogP contribution in [0, 0.1) is 5.82 Å². The lowest BCUT2D eigenvalue weighted by Gasteiger charge is -2.20. The molecule has 0 amide bonds. The molecular formula is C16H16F3NS. The second kappa shape index (κ2) is 7.41. The van der Waals surface area contributed by atoms with Crippen LogP contribution in [0.4, 0.5) is 18.9 Å². The number of hydrogen-bond donors (Lipinski definition) is 1. The van der Waals surface area contributed by atoms with E-state index in [0.717, 1.165) is 12.0 Å². The normalized spacial score (nSPS) is 12.4. The molecule has 0 aliphatic rings. The third-order valence-corrected chi connectivity index (χ3v) is 3.90. The number of halogens is 3. The molecule has 2 rings (SSSR count). The van der Waals surface area contributed by atoms with E-state index in [-0.39, 0.29) is 11.9 Å². The number of thioether (sulfide) groups is 1. The first-order valence-electron chi connectivity index (χ1n) is 6.66. The van der Waals surface area contributed by atoms with Crippen molar-refractivity contribution in [3.63, 3.8) is 0 Å². The summed E-state index contributed by atoms with van der Waals surface area (Å²) in [5.74, 6) is -2.75. The average Bonchev–Trinajstić information content (AvgIpc) is 2.47. The van der Waals surface area contributed by atoms with Gasteiger partial charge >= 0.3 is 0 Å². The van der Waals surface area contributed by atoms with Gasteiger partial charge in [0.15, 0.2) is 0 Å². The minimum Gasteiger partial charge on any atom is -0.377 e. The van der Waals surface area contributed by atoms with Gasteiger partial charge in [-0.1, -0.05) is 43.0 Å². The first-order valence-corrected chi connectivity index (χ1v) is 7.54. The summed E-state index contributed by atoms with van der Waals surface area (Å²) in [7, 11) is 0. The Labute approximate surface area is 126 Å². The van der Waals surface area contributed by atoms with Crippen molar-refractivity contribution >= 4 is 17.4 Å². The lowest BCUT2D eigenvalue weighted by molar-refractivity contribution is 0.252. The van der Waals surface area contributed by atoms with Gasteiger partial charge in [-0.3, -0.25) is 0 Å². The van der Waals surface area contributed by atoms with Gasteiger partial charge in [0, 0.05) is 10.6 Å². The SMILES string of the molecule is CCC(Nc1ccccc1SC(F)F)c1ccc(F)cc1. The van der Waals surface area contributed by atoms with Crippen molar-refractivity contribution < 1.29 is 13.2 Å². The van der Waals surface area contributed by atoms with Crippen molar-refractivity contribution in [3.05, 3.63) is 59.9 Å². The molecule has 0 saturated heterocycles. The summed E-state index contributed by atoms with van der Waals surface area (Å²) in [6.45, 7) is 1.99. The molecule has 0 saturated carbocycles. The number of nitrogens with one attached hydrogen (secondary N) is 1. The quantitative estimate of drug-likeness (QED) is 0.686. The monoisotopic (exact) mass is 311 g/mol. The molecule has 5 heteroatoms. The van der Waals surface area contributed by atoms with Gasteiger partial charge in [-0.15, -0.1) is 0 Å². The summed E-state index contributed by atoms with van der Waals surface area (Å²) < 4.78 is 38.1. The van der Waals surface area contributed by atoms with E-state index in [1.807, 2.05) is 6.92 Å². The molecular weight excluding hydrogens is 295 g/mol. The number of para-hydroxylation sites is 1. The summed E-state index contributed by atoms with van der Waals surface area (Å²) in [5, 5.41) is 3.26. The summed E-state index contributed by atoms with van der Waals surface area (Å²) in [6.07, 6.45) is 0.763.